The molecule has 0 aliphatic carbocycles. The fourth-order valence-corrected chi connectivity index (χ4v) is 5.30. The molecule has 4 heterocycles. The molecule has 2 atom stereocenters. The summed E-state index contributed by atoms with van der Waals surface area (Å²) in [5.41, 5.74) is 7.37. The van der Waals surface area contributed by atoms with E-state index in [4.69, 9.17) is 20.2 Å². The summed E-state index contributed by atoms with van der Waals surface area (Å²) in [5, 5.41) is 3.32. The molecule has 2 aliphatic rings. The number of rotatable bonds is 8. The molecule has 2 aliphatic heterocycles. The second kappa shape index (κ2) is 11.7. The highest BCUT2D eigenvalue weighted by atomic mass is 19.1. The van der Waals surface area contributed by atoms with Crippen molar-refractivity contribution in [1.82, 2.24) is 24.8 Å². The number of nitrogens with two attached hydrogens (primary N) is 1. The van der Waals surface area contributed by atoms with Gasteiger partial charge in [-0.05, 0) is 49.6 Å². The van der Waals surface area contributed by atoms with Crippen molar-refractivity contribution in [2.75, 3.05) is 55.3 Å². The standard InChI is InChI=1S/C29H33FN8O3/c1-18(19-7-9-20(30)10-8-19)37-11-13-38(14-12-37)24-16-25(35-29(34-24)32-17-21-4-3-15-40-21)41-23-6-2-5-22-26(23)36-27(31)28(39)33-22/h2,5-10,16,18,21H,3-4,11-15,17H2,1H3,(H2,31,36)(H,33,39)(H,32,34,35)/t18-,21-/m1/s1. The number of fused-ring (bicyclic) bond motifs is 1. The molecule has 0 unspecified atom stereocenters. The minimum absolute atomic E-state index is 0.116. The van der Waals surface area contributed by atoms with Gasteiger partial charge >= 0.3 is 0 Å². The lowest BCUT2D eigenvalue weighted by Crippen LogP contribution is -2.47. The molecule has 4 N–H and O–H groups in total. The topological polar surface area (TPSA) is 135 Å². The molecule has 214 valence electrons. The van der Waals surface area contributed by atoms with Crippen LogP contribution < -0.4 is 26.2 Å². The normalized spacial score (nSPS) is 18.5. The van der Waals surface area contributed by atoms with Crippen LogP contribution in [0.4, 0.5) is 22.0 Å². The van der Waals surface area contributed by atoms with Gasteiger partial charge in [0.05, 0.1) is 11.6 Å². The van der Waals surface area contributed by atoms with Gasteiger partial charge in [-0.2, -0.15) is 9.97 Å². The molecule has 4 aromatic rings. The Bertz CT molecular complexity index is 1570. The van der Waals surface area contributed by atoms with Crippen LogP contribution in [0.5, 0.6) is 11.6 Å². The van der Waals surface area contributed by atoms with Crippen molar-refractivity contribution >= 4 is 28.6 Å². The summed E-state index contributed by atoms with van der Waals surface area (Å²) < 4.78 is 25.4. The highest BCUT2D eigenvalue weighted by Crippen LogP contribution is 2.30. The molecule has 2 aromatic carbocycles. The highest BCUT2D eigenvalue weighted by Gasteiger charge is 2.24. The van der Waals surface area contributed by atoms with Crippen LogP contribution in [-0.2, 0) is 4.74 Å². The van der Waals surface area contributed by atoms with Gasteiger partial charge in [-0.15, -0.1) is 0 Å². The SMILES string of the molecule is C[C@H](c1ccc(F)cc1)N1CCN(c2cc(Oc3cccc4[nH]c(=O)c(N)nc34)nc(NC[C@H]3CCCO3)n2)CC1. The van der Waals surface area contributed by atoms with Gasteiger partial charge in [0.1, 0.15) is 17.2 Å². The quantitative estimate of drug-likeness (QED) is 0.293. The van der Waals surface area contributed by atoms with Crippen LogP contribution in [-0.4, -0.2) is 70.3 Å². The van der Waals surface area contributed by atoms with Gasteiger partial charge in [0.2, 0.25) is 11.8 Å². The number of anilines is 3. The van der Waals surface area contributed by atoms with Gasteiger partial charge in [0.25, 0.3) is 5.56 Å². The molecule has 11 nitrogen and oxygen atoms in total. The molecule has 12 heteroatoms. The summed E-state index contributed by atoms with van der Waals surface area (Å²) in [6.07, 6.45) is 2.15. The lowest BCUT2D eigenvalue weighted by Gasteiger charge is -2.38. The predicted octanol–water partition coefficient (Wildman–Crippen LogP) is 3.70. The fraction of sp³-hybridized carbons (Fsp3) is 0.379. The fourth-order valence-electron chi connectivity index (χ4n) is 5.30. The van der Waals surface area contributed by atoms with E-state index in [0.29, 0.717) is 35.2 Å². The van der Waals surface area contributed by atoms with E-state index in [-0.39, 0.29) is 23.8 Å². The van der Waals surface area contributed by atoms with Gasteiger partial charge in [-0.1, -0.05) is 18.2 Å². The average Bonchev–Trinajstić information content (AvgIpc) is 3.51. The first-order chi connectivity index (χ1) is 19.9. The predicted molar refractivity (Wildman–Crippen MR) is 155 cm³/mol. The summed E-state index contributed by atoms with van der Waals surface area (Å²) >= 11 is 0. The second-order valence-electron chi connectivity index (χ2n) is 10.4. The van der Waals surface area contributed by atoms with E-state index in [1.165, 1.54) is 12.1 Å². The summed E-state index contributed by atoms with van der Waals surface area (Å²) in [6.45, 7) is 6.64. The number of aromatic nitrogens is 4. The Morgan fingerprint density at radius 3 is 2.71 bits per heavy atom. The van der Waals surface area contributed by atoms with Gasteiger partial charge in [0, 0.05) is 51.4 Å². The molecule has 0 radical (unpaired) electrons. The van der Waals surface area contributed by atoms with Crippen LogP contribution in [0.15, 0.2) is 53.3 Å². The number of ether oxygens (including phenoxy) is 2. The van der Waals surface area contributed by atoms with Crippen LogP contribution in [0.1, 0.15) is 31.4 Å². The Kier molecular flexibility index (Phi) is 7.66. The number of aromatic amines is 1. The summed E-state index contributed by atoms with van der Waals surface area (Å²) in [5.74, 6) is 1.57. The number of piperazine rings is 1. The van der Waals surface area contributed by atoms with Crippen molar-refractivity contribution in [3.8, 4) is 11.6 Å². The number of hydrogen-bond donors (Lipinski definition) is 3. The third-order valence-electron chi connectivity index (χ3n) is 7.67. The first-order valence-corrected chi connectivity index (χ1v) is 13.9. The summed E-state index contributed by atoms with van der Waals surface area (Å²) in [4.78, 5) is 32.9. The number of para-hydroxylation sites is 1. The Balaban J connectivity index is 1.23. The van der Waals surface area contributed by atoms with Crippen molar-refractivity contribution in [2.24, 2.45) is 0 Å². The van der Waals surface area contributed by atoms with E-state index in [2.05, 4.69) is 37.0 Å². The molecule has 0 bridgehead atoms. The zero-order valence-corrected chi connectivity index (χ0v) is 22.8. The van der Waals surface area contributed by atoms with E-state index in [9.17, 15) is 9.18 Å². The van der Waals surface area contributed by atoms with Crippen LogP contribution in [0.3, 0.4) is 0 Å². The smallest absolute Gasteiger partial charge is 0.290 e. The molecule has 2 fully saturated rings. The van der Waals surface area contributed by atoms with Crippen LogP contribution in [0.25, 0.3) is 11.0 Å². The largest absolute Gasteiger partial charge is 0.436 e. The van der Waals surface area contributed by atoms with Gasteiger partial charge in [0.15, 0.2) is 11.6 Å². The Morgan fingerprint density at radius 2 is 1.95 bits per heavy atom. The van der Waals surface area contributed by atoms with E-state index < -0.39 is 5.56 Å². The van der Waals surface area contributed by atoms with E-state index in [0.717, 1.165) is 57.0 Å². The number of hydrogen-bond acceptors (Lipinski definition) is 10. The van der Waals surface area contributed by atoms with E-state index in [1.807, 2.05) is 18.2 Å². The summed E-state index contributed by atoms with van der Waals surface area (Å²) in [7, 11) is 0. The Labute approximate surface area is 236 Å². The Hall–Kier alpha value is -4.29. The highest BCUT2D eigenvalue weighted by molar-refractivity contribution is 5.82. The molecular formula is C29H33FN8O3. The maximum absolute atomic E-state index is 13.4. The molecule has 2 saturated heterocycles. The van der Waals surface area contributed by atoms with E-state index in [1.54, 1.807) is 18.2 Å². The number of nitrogens with one attached hydrogen (secondary N) is 2. The lowest BCUT2D eigenvalue weighted by atomic mass is 10.1. The first kappa shape index (κ1) is 26.9. The number of benzene rings is 2. The molecule has 6 rings (SSSR count). The minimum Gasteiger partial charge on any atom is -0.436 e. The third-order valence-corrected chi connectivity index (χ3v) is 7.67. The van der Waals surface area contributed by atoms with Crippen molar-refractivity contribution < 1.29 is 13.9 Å². The maximum atomic E-state index is 13.4. The first-order valence-electron chi connectivity index (χ1n) is 13.9. The van der Waals surface area contributed by atoms with Crippen LogP contribution >= 0.6 is 0 Å². The third kappa shape index (κ3) is 6.08. The number of H-pyrrole nitrogens is 1. The zero-order valence-electron chi connectivity index (χ0n) is 22.8. The van der Waals surface area contributed by atoms with Crippen molar-refractivity contribution in [1.29, 1.82) is 0 Å². The minimum atomic E-state index is -0.451. The Morgan fingerprint density at radius 1 is 1.15 bits per heavy atom. The average molecular weight is 561 g/mol. The molecule has 0 saturated carbocycles. The molecule has 41 heavy (non-hydrogen) atoms. The number of halogens is 1. The molecular weight excluding hydrogens is 527 g/mol. The number of nitrogen functional groups attached to an aromatic ring is 1. The lowest BCUT2D eigenvalue weighted by molar-refractivity contribution is 0.120. The van der Waals surface area contributed by atoms with Gasteiger partial charge < -0.3 is 30.4 Å². The zero-order chi connectivity index (χ0) is 28.3. The van der Waals surface area contributed by atoms with Crippen LogP contribution in [0, 0.1) is 5.82 Å². The monoisotopic (exact) mass is 560 g/mol. The summed E-state index contributed by atoms with van der Waals surface area (Å²) in [6, 6.07) is 13.9. The van der Waals surface area contributed by atoms with Crippen molar-refractivity contribution in [3.05, 3.63) is 70.3 Å². The van der Waals surface area contributed by atoms with Gasteiger partial charge in [-0.25, -0.2) is 9.37 Å². The number of nitrogens with zero attached hydrogens (tertiary/aromatic N) is 5. The van der Waals surface area contributed by atoms with Crippen molar-refractivity contribution in [2.45, 2.75) is 31.9 Å². The second-order valence-corrected chi connectivity index (χ2v) is 10.4. The van der Waals surface area contributed by atoms with Crippen LogP contribution in [0.2, 0.25) is 0 Å². The molecule has 2 aromatic heterocycles. The molecule has 0 spiro atoms. The van der Waals surface area contributed by atoms with E-state index >= 15 is 0 Å². The maximum Gasteiger partial charge on any atom is 0.290 e. The van der Waals surface area contributed by atoms with Gasteiger partial charge in [-0.3, -0.25) is 9.69 Å². The molecule has 0 amide bonds. The van der Waals surface area contributed by atoms with Crippen molar-refractivity contribution in [3.63, 3.8) is 0 Å².